The fourth-order valence-corrected chi connectivity index (χ4v) is 1.66. The smallest absolute Gasteiger partial charge is 0.0231 e. The number of hydrogen-bond donors (Lipinski definition) is 0. The summed E-state index contributed by atoms with van der Waals surface area (Å²) >= 11 is 0. The highest BCUT2D eigenvalue weighted by atomic mass is 14.8. The highest BCUT2D eigenvalue weighted by molar-refractivity contribution is 6.21. The molecule has 2 radical (unpaired) electrons. The van der Waals surface area contributed by atoms with Gasteiger partial charge in [0.05, 0.1) is 0 Å². The van der Waals surface area contributed by atoms with Gasteiger partial charge in [-0.25, -0.2) is 0 Å². The van der Waals surface area contributed by atoms with Crippen molar-refractivity contribution >= 4 is 13.7 Å². The van der Waals surface area contributed by atoms with Gasteiger partial charge in [-0.15, -0.1) is 5.69 Å². The van der Waals surface area contributed by atoms with Crippen molar-refractivity contribution in [2.45, 2.75) is 39.5 Å². The van der Waals surface area contributed by atoms with Gasteiger partial charge in [-0.05, 0) is 11.8 Å². The minimum absolute atomic E-state index is 0.469. The summed E-state index contributed by atoms with van der Waals surface area (Å²) in [5.74, 6) is 0.937. The zero-order chi connectivity index (χ0) is 10.7. The maximum absolute atomic E-state index is 5.45. The first-order valence-corrected chi connectivity index (χ1v) is 5.11. The van der Waals surface area contributed by atoms with Gasteiger partial charge in [-0.2, -0.15) is 0 Å². The molecule has 0 saturated carbocycles. The Kier molecular flexibility index (Phi) is 3.62. The van der Waals surface area contributed by atoms with Crippen molar-refractivity contribution in [3.05, 3.63) is 34.6 Å². The Labute approximate surface area is 88.3 Å². The van der Waals surface area contributed by atoms with Gasteiger partial charge in [0.15, 0.2) is 0 Å². The molecule has 74 valence electrons. The Morgan fingerprint density at radius 1 is 1.00 bits per heavy atom. The molecule has 0 fully saturated rings. The minimum atomic E-state index is 0.469. The fraction of sp³-hybridized carbons (Fsp3) is 0.500. The predicted octanol–water partition coefficient (Wildman–Crippen LogP) is 4.02. The predicted molar refractivity (Wildman–Crippen MR) is 63.4 cm³/mol. The normalized spacial score (nSPS) is 11.0. The van der Waals surface area contributed by atoms with Crippen molar-refractivity contribution in [3.8, 4) is 0 Å². The van der Waals surface area contributed by atoms with Crippen molar-refractivity contribution in [2.75, 3.05) is 0 Å². The molecule has 0 unspecified atom stereocenters. The van der Waals surface area contributed by atoms with Crippen molar-refractivity contribution < 1.29 is 0 Å². The van der Waals surface area contributed by atoms with Gasteiger partial charge in [0.25, 0.3) is 0 Å². The molecule has 0 aliphatic carbocycles. The van der Waals surface area contributed by atoms with E-state index in [2.05, 4.69) is 51.1 Å². The summed E-state index contributed by atoms with van der Waals surface area (Å²) in [6.45, 7) is 8.64. The Morgan fingerprint density at radius 3 is 1.71 bits per heavy atom. The highest BCUT2D eigenvalue weighted by Crippen LogP contribution is 2.35. The van der Waals surface area contributed by atoms with Crippen LogP contribution in [-0.4, -0.2) is 7.98 Å². The second-order valence-corrected chi connectivity index (χ2v) is 4.22. The molecule has 1 aromatic carbocycles. The van der Waals surface area contributed by atoms with Gasteiger partial charge in [0.1, 0.15) is 0 Å². The largest absolute Gasteiger partial charge is 0.720 e. The molecule has 0 aromatic heterocycles. The molecule has 1 rings (SSSR count). The molecule has 0 aliphatic rings. The van der Waals surface area contributed by atoms with Crippen molar-refractivity contribution in [3.63, 3.8) is 0 Å². The van der Waals surface area contributed by atoms with E-state index in [-0.39, 0.29) is 0 Å². The van der Waals surface area contributed by atoms with Gasteiger partial charge in [0.2, 0.25) is 0 Å². The summed E-state index contributed by atoms with van der Waals surface area (Å²) in [5, 5.41) is 3.91. The molecule has 2 heteroatoms. The van der Waals surface area contributed by atoms with Gasteiger partial charge in [0, 0.05) is 0 Å². The van der Waals surface area contributed by atoms with Gasteiger partial charge < -0.3 is 5.23 Å². The Balaban J connectivity index is 3.25. The molecule has 0 bridgehead atoms. The van der Waals surface area contributed by atoms with Crippen LogP contribution < -0.4 is 0 Å². The molecule has 0 amide bonds. The van der Waals surface area contributed by atoms with Crippen LogP contribution in [0.3, 0.4) is 0 Å². The summed E-state index contributed by atoms with van der Waals surface area (Å²) in [7, 11) is 5.45. The van der Waals surface area contributed by atoms with Crippen molar-refractivity contribution in [2.24, 2.45) is 0 Å². The SMILES string of the molecule is [B][N-]c1c(C(C)C)cccc1C(C)C. The van der Waals surface area contributed by atoms with Gasteiger partial charge >= 0.3 is 0 Å². The standard InChI is InChI=1S/C12H17BN/c1-8(2)10-6-5-7-11(9(3)4)12(10)14-13/h5-9H,1-4H3/q-1. The van der Waals surface area contributed by atoms with E-state index in [1.165, 1.54) is 11.1 Å². The van der Waals surface area contributed by atoms with E-state index in [0.29, 0.717) is 11.8 Å². The van der Waals surface area contributed by atoms with Crippen LogP contribution in [0.15, 0.2) is 18.2 Å². The van der Waals surface area contributed by atoms with Crippen LogP contribution in [0.1, 0.15) is 50.7 Å². The molecule has 0 spiro atoms. The van der Waals surface area contributed by atoms with Crippen LogP contribution >= 0.6 is 0 Å². The van der Waals surface area contributed by atoms with E-state index in [1.807, 2.05) is 0 Å². The van der Waals surface area contributed by atoms with Crippen molar-refractivity contribution in [1.29, 1.82) is 0 Å². The maximum Gasteiger partial charge on any atom is -0.0231 e. The van der Waals surface area contributed by atoms with Gasteiger partial charge in [-0.3, -0.25) is 0 Å². The first-order chi connectivity index (χ1) is 6.57. The third-order valence-electron chi connectivity index (χ3n) is 2.47. The molecule has 14 heavy (non-hydrogen) atoms. The number of benzene rings is 1. The molecule has 0 saturated heterocycles. The lowest BCUT2D eigenvalue weighted by atomic mass is 9.92. The van der Waals surface area contributed by atoms with E-state index in [9.17, 15) is 0 Å². The number of nitrogens with zero attached hydrogens (tertiary/aromatic N) is 1. The molecular formula is C12H17BN-. The van der Waals surface area contributed by atoms with Gasteiger partial charge in [-0.1, -0.05) is 65.0 Å². The fourth-order valence-electron chi connectivity index (χ4n) is 1.66. The Morgan fingerprint density at radius 2 is 1.43 bits per heavy atom. The lowest BCUT2D eigenvalue weighted by Gasteiger charge is -2.28. The topological polar surface area (TPSA) is 14.1 Å². The van der Waals surface area contributed by atoms with E-state index in [4.69, 9.17) is 7.98 Å². The van der Waals surface area contributed by atoms with Crippen LogP contribution in [-0.2, 0) is 0 Å². The van der Waals surface area contributed by atoms with Crippen LogP contribution in [0.25, 0.3) is 5.23 Å². The number of hydrogen-bond acceptors (Lipinski definition) is 0. The minimum Gasteiger partial charge on any atom is -0.720 e. The van der Waals surface area contributed by atoms with Crippen LogP contribution in [0, 0.1) is 0 Å². The molecule has 0 atom stereocenters. The monoisotopic (exact) mass is 186 g/mol. The van der Waals surface area contributed by atoms with Crippen LogP contribution in [0.2, 0.25) is 0 Å². The van der Waals surface area contributed by atoms with Crippen LogP contribution in [0.4, 0.5) is 5.69 Å². The van der Waals surface area contributed by atoms with E-state index in [0.717, 1.165) is 5.69 Å². The summed E-state index contributed by atoms with van der Waals surface area (Å²) in [6, 6.07) is 6.28. The molecule has 0 aliphatic heterocycles. The van der Waals surface area contributed by atoms with Crippen molar-refractivity contribution in [1.82, 2.24) is 0 Å². The number of rotatable bonds is 3. The lowest BCUT2D eigenvalue weighted by molar-refractivity contribution is 0.841. The molecule has 1 aromatic rings. The van der Waals surface area contributed by atoms with E-state index < -0.39 is 0 Å². The van der Waals surface area contributed by atoms with E-state index in [1.54, 1.807) is 0 Å². The van der Waals surface area contributed by atoms with E-state index >= 15 is 0 Å². The summed E-state index contributed by atoms with van der Waals surface area (Å²) in [4.78, 5) is 0. The average molecular weight is 186 g/mol. The summed E-state index contributed by atoms with van der Waals surface area (Å²) in [5.41, 5.74) is 3.44. The zero-order valence-corrected chi connectivity index (χ0v) is 9.41. The molecule has 0 N–H and O–H groups in total. The maximum atomic E-state index is 5.45. The zero-order valence-electron chi connectivity index (χ0n) is 9.41. The first-order valence-electron chi connectivity index (χ1n) is 5.11. The third-order valence-corrected chi connectivity index (χ3v) is 2.47. The third kappa shape index (κ3) is 2.12. The molecule has 1 nitrogen and oxygen atoms in total. The molecule has 0 heterocycles. The van der Waals surface area contributed by atoms with Crippen LogP contribution in [0.5, 0.6) is 0 Å². The second-order valence-electron chi connectivity index (χ2n) is 4.22. The Hall–Kier alpha value is -0.915. The molecular weight excluding hydrogens is 169 g/mol. The Bertz CT molecular complexity index is 279. The second kappa shape index (κ2) is 4.54. The average Bonchev–Trinajstić information content (AvgIpc) is 2.16. The first kappa shape index (κ1) is 11.2. The highest BCUT2D eigenvalue weighted by Gasteiger charge is 2.06. The summed E-state index contributed by atoms with van der Waals surface area (Å²) in [6.07, 6.45) is 0. The summed E-state index contributed by atoms with van der Waals surface area (Å²) < 4.78 is 0. The quantitative estimate of drug-likeness (QED) is 0.633. The lowest BCUT2D eigenvalue weighted by Crippen LogP contribution is -1.95.